The Labute approximate surface area is 198 Å². The van der Waals surface area contributed by atoms with Gasteiger partial charge in [-0.1, -0.05) is 17.7 Å². The summed E-state index contributed by atoms with van der Waals surface area (Å²) in [7, 11) is 0. The molecule has 1 aromatic carbocycles. The molecule has 1 aliphatic rings. The third-order valence-corrected chi connectivity index (χ3v) is 5.42. The van der Waals surface area contributed by atoms with Crippen LogP contribution >= 0.6 is 0 Å². The van der Waals surface area contributed by atoms with Gasteiger partial charge in [0.15, 0.2) is 12.2 Å². The third kappa shape index (κ3) is 5.18. The van der Waals surface area contributed by atoms with E-state index < -0.39 is 24.1 Å². The van der Waals surface area contributed by atoms with Crippen LogP contribution in [0.2, 0.25) is 0 Å². The van der Waals surface area contributed by atoms with Gasteiger partial charge in [0.2, 0.25) is 0 Å². The number of allylic oxidation sites excluding steroid dienone is 1. The zero-order valence-corrected chi connectivity index (χ0v) is 20.0. The number of aliphatic hydroxyl groups excluding tert-OH is 2. The first-order valence-electron chi connectivity index (χ1n) is 11.2. The molecule has 2 aromatic rings. The molecule has 180 valence electrons. The molecule has 8 nitrogen and oxygen atoms in total. The number of aryl methyl sites for hydroxylation is 3. The van der Waals surface area contributed by atoms with Crippen molar-refractivity contribution >= 4 is 23.2 Å². The minimum absolute atomic E-state index is 0.149. The number of carbonyl (C=O) groups excluding carboxylic acids is 2. The normalized spacial score (nSPS) is 16.1. The number of aromatic nitrogens is 1. The van der Waals surface area contributed by atoms with Crippen LogP contribution in [-0.2, 0) is 19.1 Å². The summed E-state index contributed by atoms with van der Waals surface area (Å²) in [6, 6.07) is 7.48. The molecule has 3 rings (SSSR count). The van der Waals surface area contributed by atoms with E-state index in [0.29, 0.717) is 17.0 Å². The van der Waals surface area contributed by atoms with Gasteiger partial charge in [-0.15, -0.1) is 0 Å². The summed E-state index contributed by atoms with van der Waals surface area (Å²) in [6.45, 7) is 9.64. The van der Waals surface area contributed by atoms with E-state index >= 15 is 0 Å². The summed E-state index contributed by atoms with van der Waals surface area (Å²) in [5.74, 6) is -1.51. The molecule has 34 heavy (non-hydrogen) atoms. The van der Waals surface area contributed by atoms with Gasteiger partial charge in [-0.25, -0.2) is 14.6 Å². The van der Waals surface area contributed by atoms with Crippen LogP contribution in [0.25, 0.3) is 5.57 Å². The lowest BCUT2D eigenvalue weighted by Gasteiger charge is -2.16. The molecule has 0 aliphatic carbocycles. The first-order valence-corrected chi connectivity index (χ1v) is 11.2. The van der Waals surface area contributed by atoms with Gasteiger partial charge in [0.25, 0.3) is 0 Å². The number of hydrogen-bond donors (Lipinski definition) is 3. The molecule has 8 heteroatoms. The maximum atomic E-state index is 12.0. The van der Waals surface area contributed by atoms with Gasteiger partial charge in [-0.05, 0) is 75.6 Å². The fraction of sp³-hybridized carbons (Fsp3) is 0.346. The van der Waals surface area contributed by atoms with Crippen molar-refractivity contribution in [3.63, 3.8) is 0 Å². The number of ether oxygens (including phenoxy) is 2. The number of hydrogen-bond acceptors (Lipinski definition) is 7. The minimum atomic E-state index is -1.50. The van der Waals surface area contributed by atoms with Gasteiger partial charge in [-0.2, -0.15) is 0 Å². The smallest absolute Gasteiger partial charge is 0.341 e. The lowest BCUT2D eigenvalue weighted by Crippen LogP contribution is -2.30. The molecule has 3 N–H and O–H groups in total. The maximum Gasteiger partial charge on any atom is 0.341 e. The molecule has 2 unspecified atom stereocenters. The van der Waals surface area contributed by atoms with Crippen LogP contribution in [0.15, 0.2) is 47.1 Å². The van der Waals surface area contributed by atoms with Crippen molar-refractivity contribution in [1.82, 2.24) is 4.98 Å². The fourth-order valence-electron chi connectivity index (χ4n) is 4.05. The van der Waals surface area contributed by atoms with Crippen LogP contribution in [0.3, 0.4) is 0 Å². The SMILES string of the molecule is CCOC(=O)C(O)C1=N/C(=C(\c2ccc(C(O)C(=O)OCC)[nH]2)c2c(C)cc(C)cc2C)C=C1. The second-order valence-corrected chi connectivity index (χ2v) is 8.04. The molecule has 0 spiro atoms. The molecule has 1 aromatic heterocycles. The predicted octanol–water partition coefficient (Wildman–Crippen LogP) is 3.23. The first-order chi connectivity index (χ1) is 16.2. The van der Waals surface area contributed by atoms with Crippen LogP contribution in [-0.4, -0.2) is 52.2 Å². The Morgan fingerprint density at radius 1 is 0.941 bits per heavy atom. The van der Waals surface area contributed by atoms with Crippen molar-refractivity contribution in [1.29, 1.82) is 0 Å². The molecule has 0 fully saturated rings. The highest BCUT2D eigenvalue weighted by molar-refractivity contribution is 6.13. The highest BCUT2D eigenvalue weighted by atomic mass is 16.5. The fourth-order valence-corrected chi connectivity index (χ4v) is 4.05. The molecule has 0 saturated heterocycles. The Morgan fingerprint density at radius 2 is 1.53 bits per heavy atom. The molecule has 0 bridgehead atoms. The van der Waals surface area contributed by atoms with Gasteiger partial charge in [0.05, 0.1) is 30.3 Å². The van der Waals surface area contributed by atoms with E-state index in [1.54, 1.807) is 38.1 Å². The van der Waals surface area contributed by atoms with E-state index in [4.69, 9.17) is 9.47 Å². The Hall–Kier alpha value is -3.49. The summed E-state index contributed by atoms with van der Waals surface area (Å²) in [6.07, 6.45) is 0.338. The second kappa shape index (κ2) is 10.6. The number of H-pyrrole nitrogens is 1. The van der Waals surface area contributed by atoms with Crippen LogP contribution < -0.4 is 0 Å². The van der Waals surface area contributed by atoms with Crippen LogP contribution in [0, 0.1) is 20.8 Å². The van der Waals surface area contributed by atoms with Gasteiger partial charge in [0.1, 0.15) is 0 Å². The zero-order chi connectivity index (χ0) is 25.0. The highest BCUT2D eigenvalue weighted by Gasteiger charge is 2.27. The summed E-state index contributed by atoms with van der Waals surface area (Å²) in [5.41, 5.74) is 6.33. The molecule has 1 aliphatic heterocycles. The number of aliphatic imine (C=N–C) groups is 1. The van der Waals surface area contributed by atoms with E-state index in [0.717, 1.165) is 22.3 Å². The summed E-state index contributed by atoms with van der Waals surface area (Å²) in [5, 5.41) is 20.7. The minimum Gasteiger partial charge on any atom is -0.464 e. The quantitative estimate of drug-likeness (QED) is 0.514. The number of nitrogens with zero attached hydrogens (tertiary/aromatic N) is 1. The van der Waals surface area contributed by atoms with Crippen molar-refractivity contribution in [3.8, 4) is 0 Å². The van der Waals surface area contributed by atoms with Crippen molar-refractivity contribution in [2.75, 3.05) is 13.2 Å². The van der Waals surface area contributed by atoms with Crippen molar-refractivity contribution in [3.05, 3.63) is 75.8 Å². The van der Waals surface area contributed by atoms with Gasteiger partial charge >= 0.3 is 11.9 Å². The molecule has 0 saturated carbocycles. The third-order valence-electron chi connectivity index (χ3n) is 5.42. The summed E-state index contributed by atoms with van der Waals surface area (Å²) < 4.78 is 9.83. The Balaban J connectivity index is 2.15. The monoisotopic (exact) mass is 466 g/mol. The zero-order valence-electron chi connectivity index (χ0n) is 20.0. The molecule has 2 heterocycles. The summed E-state index contributed by atoms with van der Waals surface area (Å²) >= 11 is 0. The Morgan fingerprint density at radius 3 is 2.12 bits per heavy atom. The number of esters is 2. The van der Waals surface area contributed by atoms with Crippen LogP contribution in [0.1, 0.15) is 53.6 Å². The van der Waals surface area contributed by atoms with Crippen molar-refractivity contribution < 1.29 is 29.3 Å². The van der Waals surface area contributed by atoms with Crippen LogP contribution in [0.4, 0.5) is 0 Å². The molecule has 0 radical (unpaired) electrons. The number of aromatic amines is 1. The number of benzene rings is 1. The lowest BCUT2D eigenvalue weighted by molar-refractivity contribution is -0.153. The molecule has 0 amide bonds. The second-order valence-electron chi connectivity index (χ2n) is 8.04. The van der Waals surface area contributed by atoms with Crippen molar-refractivity contribution in [2.24, 2.45) is 4.99 Å². The number of carbonyl (C=O) groups is 2. The van der Waals surface area contributed by atoms with E-state index in [1.807, 2.05) is 20.8 Å². The van der Waals surface area contributed by atoms with E-state index in [-0.39, 0.29) is 24.6 Å². The van der Waals surface area contributed by atoms with Gasteiger partial charge < -0.3 is 24.7 Å². The predicted molar refractivity (Wildman–Crippen MR) is 128 cm³/mol. The van der Waals surface area contributed by atoms with Gasteiger partial charge in [-0.3, -0.25) is 0 Å². The lowest BCUT2D eigenvalue weighted by atomic mass is 9.91. The first kappa shape index (κ1) is 25.1. The number of aliphatic hydroxyl groups is 2. The van der Waals surface area contributed by atoms with Crippen LogP contribution in [0.5, 0.6) is 0 Å². The molecule has 2 atom stereocenters. The average Bonchev–Trinajstić information content (AvgIpc) is 3.45. The summed E-state index contributed by atoms with van der Waals surface area (Å²) in [4.78, 5) is 31.7. The number of nitrogens with one attached hydrogen (secondary N) is 1. The highest BCUT2D eigenvalue weighted by Crippen LogP contribution is 2.35. The topological polar surface area (TPSA) is 121 Å². The standard InChI is InChI=1S/C26H30N2O6/c1-6-33-25(31)23(29)19-10-8-17(27-19)22(21-15(4)12-14(3)13-16(21)5)18-9-11-20(28-18)24(30)26(32)34-7-2/h8-13,23-24,27,29-30H,6-7H2,1-5H3/b22-18+. The largest absolute Gasteiger partial charge is 0.464 e. The van der Waals surface area contributed by atoms with E-state index in [1.165, 1.54) is 0 Å². The molecular formula is C26H30N2O6. The van der Waals surface area contributed by atoms with Gasteiger partial charge in [0, 0.05) is 11.3 Å². The van der Waals surface area contributed by atoms with Crippen molar-refractivity contribution in [2.45, 2.75) is 46.8 Å². The maximum absolute atomic E-state index is 12.0. The molecular weight excluding hydrogens is 436 g/mol. The Bertz CT molecular complexity index is 1160. The van der Waals surface area contributed by atoms with E-state index in [2.05, 4.69) is 22.1 Å². The Kier molecular flexibility index (Phi) is 7.86. The average molecular weight is 467 g/mol. The van der Waals surface area contributed by atoms with E-state index in [9.17, 15) is 19.8 Å². The number of rotatable bonds is 8.